The third-order valence-electron chi connectivity index (χ3n) is 8.55. The maximum absolute atomic E-state index is 13.5. The van der Waals surface area contributed by atoms with Gasteiger partial charge in [-0.2, -0.15) is 0 Å². The van der Waals surface area contributed by atoms with E-state index in [2.05, 4.69) is 38.2 Å². The van der Waals surface area contributed by atoms with Gasteiger partial charge in [-0.3, -0.25) is 4.79 Å². The van der Waals surface area contributed by atoms with Gasteiger partial charge >= 0.3 is 0 Å². The topological polar surface area (TPSA) is 33.5 Å². The quantitative estimate of drug-likeness (QED) is 0.820. The Morgan fingerprint density at radius 3 is 2.14 bits per heavy atom. The summed E-state index contributed by atoms with van der Waals surface area (Å²) in [5, 5.41) is 3.37. The Labute approximate surface area is 170 Å². The summed E-state index contributed by atoms with van der Waals surface area (Å²) in [4.78, 5) is 15.1. The summed E-state index contributed by atoms with van der Waals surface area (Å²) in [6.07, 6.45) is 10.9. The number of nitrogens with one attached hydrogen (secondary N) is 2. The Balaban J connectivity index is 1.37. The molecule has 1 aromatic carbocycles. The Hall–Kier alpha value is -1.35. The summed E-state index contributed by atoms with van der Waals surface area (Å²) in [6, 6.07) is 5.28. The minimum atomic E-state index is 0.149. The van der Waals surface area contributed by atoms with Crippen LogP contribution in [0, 0.1) is 44.4 Å². The van der Waals surface area contributed by atoms with Gasteiger partial charge in [0.15, 0.2) is 6.04 Å². The van der Waals surface area contributed by atoms with Gasteiger partial charge in [-0.05, 0) is 88.7 Å². The van der Waals surface area contributed by atoms with Crippen molar-refractivity contribution in [1.29, 1.82) is 0 Å². The Morgan fingerprint density at radius 2 is 1.54 bits per heavy atom. The summed E-state index contributed by atoms with van der Waals surface area (Å²) < 4.78 is 0. The SMILES string of the molecule is Cc1cc(C)c(NC(=O)[C@@H]2CCCC[NH+]2C2C3CC4CC(C3)CC2C4)c(C)c1. The second-order valence-electron chi connectivity index (χ2n) is 10.6. The Kier molecular flexibility index (Phi) is 4.77. The van der Waals surface area contributed by atoms with E-state index in [1.807, 2.05) is 0 Å². The van der Waals surface area contributed by atoms with Gasteiger partial charge in [-0.1, -0.05) is 17.7 Å². The molecule has 1 amide bonds. The van der Waals surface area contributed by atoms with Gasteiger partial charge in [-0.25, -0.2) is 0 Å². The zero-order chi connectivity index (χ0) is 19.4. The number of benzene rings is 1. The standard InChI is InChI=1S/C25H36N2O/c1-15-8-16(2)23(17(3)9-15)26-25(28)22-6-4-5-7-27(22)24-20-11-18-10-19(13-20)14-21(24)12-18/h8-9,18-22,24H,4-7,10-14H2,1-3H3,(H,26,28)/p+1/t18?,19?,20?,21?,22-,24?/m0/s1. The molecule has 0 aromatic heterocycles. The largest absolute Gasteiger partial charge is 0.322 e. The van der Waals surface area contributed by atoms with Gasteiger partial charge < -0.3 is 10.2 Å². The molecule has 1 aromatic rings. The molecule has 3 nitrogen and oxygen atoms in total. The van der Waals surface area contributed by atoms with Crippen LogP contribution in [0.1, 0.15) is 68.1 Å². The van der Waals surface area contributed by atoms with Crippen LogP contribution >= 0.6 is 0 Å². The highest BCUT2D eigenvalue weighted by Gasteiger charge is 2.54. The summed E-state index contributed by atoms with van der Waals surface area (Å²) in [6.45, 7) is 7.58. The summed E-state index contributed by atoms with van der Waals surface area (Å²) in [5.74, 6) is 4.07. The van der Waals surface area contributed by atoms with Gasteiger partial charge in [0.2, 0.25) is 0 Å². The van der Waals surface area contributed by atoms with Gasteiger partial charge in [0.25, 0.3) is 5.91 Å². The van der Waals surface area contributed by atoms with Crippen LogP contribution in [-0.2, 0) is 4.79 Å². The van der Waals surface area contributed by atoms with E-state index in [1.165, 1.54) is 68.2 Å². The molecule has 4 bridgehead atoms. The molecule has 6 rings (SSSR count). The summed E-state index contributed by atoms with van der Waals surface area (Å²) in [7, 11) is 0. The minimum Gasteiger partial charge on any atom is -0.322 e. The van der Waals surface area contributed by atoms with Crippen molar-refractivity contribution in [3.63, 3.8) is 0 Å². The molecule has 2 N–H and O–H groups in total. The molecule has 0 radical (unpaired) electrons. The average Bonchev–Trinajstić information content (AvgIpc) is 2.64. The molecule has 3 heteroatoms. The molecule has 4 aliphatic carbocycles. The third-order valence-corrected chi connectivity index (χ3v) is 8.55. The lowest BCUT2D eigenvalue weighted by Gasteiger charge is -2.56. The summed E-state index contributed by atoms with van der Waals surface area (Å²) in [5.41, 5.74) is 4.70. The molecule has 28 heavy (non-hydrogen) atoms. The van der Waals surface area contributed by atoms with Crippen molar-refractivity contribution >= 4 is 11.6 Å². The maximum atomic E-state index is 13.5. The van der Waals surface area contributed by atoms with Gasteiger partial charge in [0.05, 0.1) is 12.6 Å². The number of anilines is 1. The average molecular weight is 382 g/mol. The van der Waals surface area contributed by atoms with Crippen LogP contribution in [0.4, 0.5) is 5.69 Å². The van der Waals surface area contributed by atoms with E-state index >= 15 is 0 Å². The second-order valence-corrected chi connectivity index (χ2v) is 10.6. The third kappa shape index (κ3) is 3.20. The van der Waals surface area contributed by atoms with Gasteiger partial charge in [0, 0.05) is 23.9 Å². The van der Waals surface area contributed by atoms with Crippen LogP contribution in [0.5, 0.6) is 0 Å². The first-order valence-corrected chi connectivity index (χ1v) is 11.7. The maximum Gasteiger partial charge on any atom is 0.282 e. The van der Waals surface area contributed by atoms with Crippen LogP contribution in [0.25, 0.3) is 0 Å². The van der Waals surface area contributed by atoms with Crippen molar-refractivity contribution in [1.82, 2.24) is 0 Å². The smallest absolute Gasteiger partial charge is 0.282 e. The number of rotatable bonds is 3. The van der Waals surface area contributed by atoms with Gasteiger partial charge in [-0.15, -0.1) is 0 Å². The fourth-order valence-corrected chi connectivity index (χ4v) is 7.85. The highest BCUT2D eigenvalue weighted by Crippen LogP contribution is 2.53. The molecular formula is C25H37N2O+. The first-order valence-electron chi connectivity index (χ1n) is 11.7. The number of aryl methyl sites for hydroxylation is 3. The van der Waals surface area contributed by atoms with Crippen molar-refractivity contribution < 1.29 is 9.69 Å². The molecule has 4 saturated carbocycles. The first-order chi connectivity index (χ1) is 13.5. The van der Waals surface area contributed by atoms with Crippen molar-refractivity contribution in [3.8, 4) is 0 Å². The number of hydrogen-bond acceptors (Lipinski definition) is 1. The molecule has 2 atom stereocenters. The van der Waals surface area contributed by atoms with E-state index in [1.54, 1.807) is 4.90 Å². The molecule has 1 heterocycles. The van der Waals surface area contributed by atoms with E-state index in [-0.39, 0.29) is 11.9 Å². The molecular weight excluding hydrogens is 344 g/mol. The number of carbonyl (C=O) groups is 1. The highest BCUT2D eigenvalue weighted by atomic mass is 16.2. The number of quaternary nitrogens is 1. The number of likely N-dealkylation sites (tertiary alicyclic amines) is 1. The number of hydrogen-bond donors (Lipinski definition) is 2. The van der Waals surface area contributed by atoms with Crippen LogP contribution in [-0.4, -0.2) is 24.5 Å². The van der Waals surface area contributed by atoms with Crippen LogP contribution in [0.15, 0.2) is 12.1 Å². The zero-order valence-corrected chi connectivity index (χ0v) is 17.9. The van der Waals surface area contributed by atoms with E-state index < -0.39 is 0 Å². The second kappa shape index (κ2) is 7.16. The fourth-order valence-electron chi connectivity index (χ4n) is 7.85. The molecule has 1 saturated heterocycles. The van der Waals surface area contributed by atoms with E-state index in [0.29, 0.717) is 0 Å². The lowest BCUT2D eigenvalue weighted by atomic mass is 9.53. The normalized spacial score (nSPS) is 39.2. The predicted molar refractivity (Wildman–Crippen MR) is 114 cm³/mol. The fraction of sp³-hybridized carbons (Fsp3) is 0.720. The number of piperidine rings is 1. The zero-order valence-electron chi connectivity index (χ0n) is 17.9. The highest BCUT2D eigenvalue weighted by molar-refractivity contribution is 5.95. The summed E-state index contributed by atoms with van der Waals surface area (Å²) >= 11 is 0. The number of carbonyl (C=O) groups excluding carboxylic acids is 1. The van der Waals surface area contributed by atoms with Gasteiger partial charge in [0.1, 0.15) is 0 Å². The van der Waals surface area contributed by atoms with Crippen molar-refractivity contribution in [3.05, 3.63) is 28.8 Å². The molecule has 5 fully saturated rings. The molecule has 1 unspecified atom stereocenters. The van der Waals surface area contributed by atoms with E-state index in [9.17, 15) is 4.79 Å². The predicted octanol–water partition coefficient (Wildman–Crippen LogP) is 3.81. The molecule has 5 aliphatic rings. The monoisotopic (exact) mass is 381 g/mol. The minimum absolute atomic E-state index is 0.149. The number of amides is 1. The van der Waals surface area contributed by atoms with Crippen molar-refractivity contribution in [2.24, 2.45) is 23.7 Å². The Bertz CT molecular complexity index is 719. The van der Waals surface area contributed by atoms with Crippen LogP contribution in [0.2, 0.25) is 0 Å². The lowest BCUT2D eigenvalue weighted by Crippen LogP contribution is -3.22. The molecule has 0 spiro atoms. The van der Waals surface area contributed by atoms with Crippen LogP contribution < -0.4 is 10.2 Å². The van der Waals surface area contributed by atoms with Crippen molar-refractivity contribution in [2.75, 3.05) is 11.9 Å². The van der Waals surface area contributed by atoms with Crippen molar-refractivity contribution in [2.45, 2.75) is 84.2 Å². The van der Waals surface area contributed by atoms with E-state index in [0.717, 1.165) is 41.8 Å². The van der Waals surface area contributed by atoms with Crippen LogP contribution in [0.3, 0.4) is 0 Å². The Morgan fingerprint density at radius 1 is 0.929 bits per heavy atom. The first kappa shape index (κ1) is 18.7. The lowest BCUT2D eigenvalue weighted by molar-refractivity contribution is -0.955. The molecule has 1 aliphatic heterocycles. The molecule has 152 valence electrons. The van der Waals surface area contributed by atoms with E-state index in [4.69, 9.17) is 0 Å².